The van der Waals surface area contributed by atoms with Crippen molar-refractivity contribution in [1.29, 1.82) is 5.26 Å². The van der Waals surface area contributed by atoms with E-state index in [4.69, 9.17) is 5.26 Å². The van der Waals surface area contributed by atoms with Crippen molar-refractivity contribution in [1.82, 2.24) is 9.36 Å². The second kappa shape index (κ2) is 5.86. The summed E-state index contributed by atoms with van der Waals surface area (Å²) in [5.74, 6) is 2.03. The standard InChI is InChI=1S/C17H15N5S/c18-11-13-5-6-16(19-12-13)21-7-9-22(10-8-21)17-14-3-1-2-4-15(14)23-20-17/h1-6,12H,7-10H2. The van der Waals surface area contributed by atoms with Crippen LogP contribution in [-0.4, -0.2) is 35.5 Å². The summed E-state index contributed by atoms with van der Waals surface area (Å²) in [6.45, 7) is 3.67. The topological polar surface area (TPSA) is 56.1 Å². The largest absolute Gasteiger partial charge is 0.353 e. The molecule has 3 heterocycles. The minimum atomic E-state index is 0.598. The first-order valence-electron chi connectivity index (χ1n) is 7.55. The van der Waals surface area contributed by atoms with E-state index in [0.717, 1.165) is 37.8 Å². The minimum Gasteiger partial charge on any atom is -0.353 e. The van der Waals surface area contributed by atoms with Gasteiger partial charge in [-0.1, -0.05) is 12.1 Å². The molecular weight excluding hydrogens is 306 g/mol. The summed E-state index contributed by atoms with van der Waals surface area (Å²) in [6, 6.07) is 14.2. The zero-order valence-electron chi connectivity index (χ0n) is 12.5. The maximum absolute atomic E-state index is 8.85. The molecule has 5 nitrogen and oxygen atoms in total. The quantitative estimate of drug-likeness (QED) is 0.726. The van der Waals surface area contributed by atoms with Gasteiger partial charge in [-0.3, -0.25) is 0 Å². The fraction of sp³-hybridized carbons (Fsp3) is 0.235. The number of aromatic nitrogens is 2. The van der Waals surface area contributed by atoms with Crippen LogP contribution in [0.4, 0.5) is 11.6 Å². The minimum absolute atomic E-state index is 0.598. The third kappa shape index (κ3) is 2.60. The molecule has 6 heteroatoms. The highest BCUT2D eigenvalue weighted by Crippen LogP contribution is 2.30. The van der Waals surface area contributed by atoms with Crippen LogP contribution < -0.4 is 9.80 Å². The zero-order valence-corrected chi connectivity index (χ0v) is 13.3. The van der Waals surface area contributed by atoms with Crippen molar-refractivity contribution in [2.24, 2.45) is 0 Å². The number of fused-ring (bicyclic) bond motifs is 1. The fourth-order valence-corrected chi connectivity index (χ4v) is 3.68. The van der Waals surface area contributed by atoms with E-state index in [9.17, 15) is 0 Å². The maximum atomic E-state index is 8.85. The fourth-order valence-electron chi connectivity index (χ4n) is 2.89. The van der Waals surface area contributed by atoms with Gasteiger partial charge in [-0.05, 0) is 35.8 Å². The molecule has 0 N–H and O–H groups in total. The number of benzene rings is 1. The van der Waals surface area contributed by atoms with Gasteiger partial charge in [-0.2, -0.15) is 9.64 Å². The molecule has 0 bridgehead atoms. The number of nitrogens with zero attached hydrogens (tertiary/aromatic N) is 5. The van der Waals surface area contributed by atoms with Gasteiger partial charge in [0.15, 0.2) is 0 Å². The molecule has 3 aromatic rings. The van der Waals surface area contributed by atoms with Crippen LogP contribution in [0, 0.1) is 11.3 Å². The molecular formula is C17H15N5S. The summed E-state index contributed by atoms with van der Waals surface area (Å²) < 4.78 is 5.87. The smallest absolute Gasteiger partial charge is 0.150 e. The molecule has 0 amide bonds. The van der Waals surface area contributed by atoms with E-state index in [0.29, 0.717) is 5.56 Å². The molecule has 2 aromatic heterocycles. The van der Waals surface area contributed by atoms with Crippen molar-refractivity contribution in [3.05, 3.63) is 48.2 Å². The second-order valence-corrected chi connectivity index (χ2v) is 6.30. The second-order valence-electron chi connectivity index (χ2n) is 5.49. The molecule has 1 aromatic carbocycles. The summed E-state index contributed by atoms with van der Waals surface area (Å²) in [6.07, 6.45) is 1.63. The van der Waals surface area contributed by atoms with Gasteiger partial charge in [0.1, 0.15) is 17.7 Å². The van der Waals surface area contributed by atoms with Crippen LogP contribution in [0.25, 0.3) is 10.1 Å². The zero-order chi connectivity index (χ0) is 15.6. The van der Waals surface area contributed by atoms with Crippen molar-refractivity contribution in [2.75, 3.05) is 36.0 Å². The van der Waals surface area contributed by atoms with Gasteiger partial charge in [0, 0.05) is 37.8 Å². The van der Waals surface area contributed by atoms with Crippen LogP contribution in [-0.2, 0) is 0 Å². The lowest BCUT2D eigenvalue weighted by atomic mass is 10.2. The SMILES string of the molecule is N#Cc1ccc(N2CCN(c3nsc4ccccc34)CC2)nc1. The van der Waals surface area contributed by atoms with Crippen molar-refractivity contribution >= 4 is 33.3 Å². The van der Waals surface area contributed by atoms with E-state index in [1.807, 2.05) is 12.1 Å². The Labute approximate surface area is 138 Å². The summed E-state index contributed by atoms with van der Waals surface area (Å²) in [4.78, 5) is 8.98. The number of hydrogen-bond donors (Lipinski definition) is 0. The van der Waals surface area contributed by atoms with Crippen molar-refractivity contribution in [3.63, 3.8) is 0 Å². The van der Waals surface area contributed by atoms with E-state index < -0.39 is 0 Å². The molecule has 4 rings (SSSR count). The van der Waals surface area contributed by atoms with Crippen LogP contribution in [0.15, 0.2) is 42.6 Å². The predicted octanol–water partition coefficient (Wildman–Crippen LogP) is 2.89. The normalized spacial score (nSPS) is 14.9. The van der Waals surface area contributed by atoms with Crippen molar-refractivity contribution in [2.45, 2.75) is 0 Å². The van der Waals surface area contributed by atoms with E-state index in [2.05, 4.69) is 49.5 Å². The van der Waals surface area contributed by atoms with Crippen LogP contribution >= 0.6 is 11.5 Å². The Morgan fingerprint density at radius 1 is 1.00 bits per heavy atom. The molecule has 0 aliphatic carbocycles. The molecule has 23 heavy (non-hydrogen) atoms. The molecule has 0 unspecified atom stereocenters. The molecule has 0 spiro atoms. The summed E-state index contributed by atoms with van der Waals surface area (Å²) in [5.41, 5.74) is 0.598. The van der Waals surface area contributed by atoms with Gasteiger partial charge in [0.05, 0.1) is 10.3 Å². The number of anilines is 2. The van der Waals surface area contributed by atoms with Crippen LogP contribution in [0.2, 0.25) is 0 Å². The highest BCUT2D eigenvalue weighted by Gasteiger charge is 2.21. The number of piperazine rings is 1. The molecule has 114 valence electrons. The van der Waals surface area contributed by atoms with E-state index in [1.165, 1.54) is 10.1 Å². The van der Waals surface area contributed by atoms with E-state index in [-0.39, 0.29) is 0 Å². The maximum Gasteiger partial charge on any atom is 0.150 e. The molecule has 1 aliphatic heterocycles. The van der Waals surface area contributed by atoms with Gasteiger partial charge >= 0.3 is 0 Å². The summed E-state index contributed by atoms with van der Waals surface area (Å²) in [5, 5.41) is 10.1. The third-order valence-corrected chi connectivity index (χ3v) is 4.96. The predicted molar refractivity (Wildman–Crippen MR) is 93.0 cm³/mol. The first-order chi connectivity index (χ1) is 11.3. The van der Waals surface area contributed by atoms with Gasteiger partial charge in [0.2, 0.25) is 0 Å². The molecule has 1 aliphatic rings. The lowest BCUT2D eigenvalue weighted by molar-refractivity contribution is 0.645. The van der Waals surface area contributed by atoms with Crippen LogP contribution in [0.5, 0.6) is 0 Å². The van der Waals surface area contributed by atoms with Crippen LogP contribution in [0.3, 0.4) is 0 Å². The van der Waals surface area contributed by atoms with E-state index >= 15 is 0 Å². The third-order valence-electron chi connectivity index (χ3n) is 4.14. The monoisotopic (exact) mass is 321 g/mol. The average molecular weight is 321 g/mol. The number of nitriles is 1. The van der Waals surface area contributed by atoms with Crippen LogP contribution in [0.1, 0.15) is 5.56 Å². The Kier molecular flexibility index (Phi) is 3.56. The molecule has 0 radical (unpaired) electrons. The molecule has 1 saturated heterocycles. The van der Waals surface area contributed by atoms with Crippen molar-refractivity contribution < 1.29 is 0 Å². The first kappa shape index (κ1) is 14.0. The van der Waals surface area contributed by atoms with Gasteiger partial charge in [-0.25, -0.2) is 4.98 Å². The van der Waals surface area contributed by atoms with E-state index in [1.54, 1.807) is 17.7 Å². The lowest BCUT2D eigenvalue weighted by Gasteiger charge is -2.35. The number of rotatable bonds is 2. The molecule has 0 saturated carbocycles. The summed E-state index contributed by atoms with van der Waals surface area (Å²) in [7, 11) is 0. The first-order valence-corrected chi connectivity index (χ1v) is 8.33. The molecule has 0 atom stereocenters. The number of pyridine rings is 1. The summed E-state index contributed by atoms with van der Waals surface area (Å²) >= 11 is 1.56. The van der Waals surface area contributed by atoms with Gasteiger partial charge in [0.25, 0.3) is 0 Å². The Morgan fingerprint density at radius 2 is 1.78 bits per heavy atom. The number of hydrogen-bond acceptors (Lipinski definition) is 6. The Balaban J connectivity index is 1.49. The van der Waals surface area contributed by atoms with Gasteiger partial charge in [-0.15, -0.1) is 0 Å². The van der Waals surface area contributed by atoms with Gasteiger partial charge < -0.3 is 9.80 Å². The Bertz CT molecular complexity index is 857. The Hall–Kier alpha value is -2.65. The highest BCUT2D eigenvalue weighted by molar-refractivity contribution is 7.13. The average Bonchev–Trinajstić information content (AvgIpc) is 3.06. The lowest BCUT2D eigenvalue weighted by Crippen LogP contribution is -2.47. The van der Waals surface area contributed by atoms with Crippen molar-refractivity contribution in [3.8, 4) is 6.07 Å². The highest BCUT2D eigenvalue weighted by atomic mass is 32.1. The Morgan fingerprint density at radius 3 is 2.52 bits per heavy atom. The molecule has 1 fully saturated rings.